The van der Waals surface area contributed by atoms with E-state index in [0.717, 1.165) is 66.4 Å². The molecule has 1 aliphatic heterocycles. The maximum Gasteiger partial charge on any atom is 0.254 e. The number of benzene rings is 1. The summed E-state index contributed by atoms with van der Waals surface area (Å²) in [5.74, 6) is -0.259. The molecule has 1 aliphatic carbocycles. The monoisotopic (exact) mass is 438 g/mol. The number of thiophene rings is 1. The predicted octanol–water partition coefficient (Wildman–Crippen LogP) is 4.38. The number of carbonyl (C=O) groups excluding carboxylic acids is 2. The second-order valence-electron chi connectivity index (χ2n) is 8.39. The summed E-state index contributed by atoms with van der Waals surface area (Å²) in [6, 6.07) is 5.97. The summed E-state index contributed by atoms with van der Waals surface area (Å²) in [4.78, 5) is 27.1. The Morgan fingerprint density at radius 2 is 2.13 bits per heavy atom. The highest BCUT2D eigenvalue weighted by atomic mass is 32.1. The first-order chi connectivity index (χ1) is 15.1. The molecule has 2 aromatic heterocycles. The summed E-state index contributed by atoms with van der Waals surface area (Å²) >= 11 is 1.53. The molecule has 2 aliphatic rings. The van der Waals surface area contributed by atoms with Gasteiger partial charge in [-0.25, -0.2) is 0 Å². The quantitative estimate of drug-likeness (QED) is 0.598. The Balaban J connectivity index is 1.32. The van der Waals surface area contributed by atoms with E-state index < -0.39 is 0 Å². The Bertz CT molecular complexity index is 1140. The van der Waals surface area contributed by atoms with Crippen molar-refractivity contribution in [2.75, 3.05) is 18.5 Å². The summed E-state index contributed by atoms with van der Waals surface area (Å²) in [5, 5.41) is 7.63. The minimum atomic E-state index is -0.142. The number of anilines is 1. The van der Waals surface area contributed by atoms with Gasteiger partial charge in [-0.05, 0) is 56.2 Å². The number of carbonyl (C=O) groups is 2. The zero-order valence-electron chi connectivity index (χ0n) is 17.6. The van der Waals surface area contributed by atoms with Gasteiger partial charge in [-0.1, -0.05) is 12.1 Å². The third-order valence-electron chi connectivity index (χ3n) is 6.08. The SMILES string of the molecule is Cc1ccc2c(CC(=O)Nc3sc4c(c3C(=O)NC[C@H]3CCCO3)CCC4)coc2c1. The van der Waals surface area contributed by atoms with Crippen molar-refractivity contribution in [3.8, 4) is 0 Å². The van der Waals surface area contributed by atoms with Gasteiger partial charge in [0.05, 0.1) is 24.4 Å². The molecule has 5 rings (SSSR count). The summed E-state index contributed by atoms with van der Waals surface area (Å²) in [6.45, 7) is 3.28. The minimum Gasteiger partial charge on any atom is -0.464 e. The maximum atomic E-state index is 13.0. The summed E-state index contributed by atoms with van der Waals surface area (Å²) in [5.41, 5.74) is 4.48. The van der Waals surface area contributed by atoms with Crippen LogP contribution in [0.3, 0.4) is 0 Å². The third kappa shape index (κ3) is 4.12. The van der Waals surface area contributed by atoms with E-state index >= 15 is 0 Å². The van der Waals surface area contributed by atoms with Gasteiger partial charge in [0.1, 0.15) is 10.6 Å². The molecule has 162 valence electrons. The smallest absolute Gasteiger partial charge is 0.254 e. The van der Waals surface area contributed by atoms with Crippen LogP contribution in [-0.2, 0) is 28.8 Å². The standard InChI is InChI=1S/C24H26N2O4S/c1-14-7-8-17-15(13-30-19(17)10-14)11-21(27)26-24-22(18-5-2-6-20(18)31-24)23(28)25-12-16-4-3-9-29-16/h7-8,10,13,16H,2-6,9,11-12H2,1H3,(H,25,28)(H,26,27)/t16-/m1/s1. The van der Waals surface area contributed by atoms with Gasteiger partial charge in [0.15, 0.2) is 0 Å². The van der Waals surface area contributed by atoms with Gasteiger partial charge in [-0.15, -0.1) is 11.3 Å². The molecule has 1 atom stereocenters. The van der Waals surface area contributed by atoms with Crippen molar-refractivity contribution in [1.29, 1.82) is 0 Å². The van der Waals surface area contributed by atoms with Crippen LogP contribution in [0.4, 0.5) is 5.00 Å². The van der Waals surface area contributed by atoms with Gasteiger partial charge in [0.2, 0.25) is 5.91 Å². The van der Waals surface area contributed by atoms with E-state index in [1.165, 1.54) is 16.2 Å². The Labute approximate surface area is 185 Å². The van der Waals surface area contributed by atoms with Gasteiger partial charge in [-0.3, -0.25) is 9.59 Å². The van der Waals surface area contributed by atoms with Gasteiger partial charge >= 0.3 is 0 Å². The van der Waals surface area contributed by atoms with Crippen molar-refractivity contribution in [3.63, 3.8) is 0 Å². The first-order valence-electron chi connectivity index (χ1n) is 10.9. The molecule has 3 heterocycles. The maximum absolute atomic E-state index is 13.0. The van der Waals surface area contributed by atoms with Crippen molar-refractivity contribution in [1.82, 2.24) is 5.32 Å². The molecule has 1 saturated heterocycles. The summed E-state index contributed by atoms with van der Waals surface area (Å²) < 4.78 is 11.2. The number of amides is 2. The molecule has 2 amide bonds. The molecule has 0 spiro atoms. The molecule has 0 saturated carbocycles. The van der Waals surface area contributed by atoms with Crippen molar-refractivity contribution < 1.29 is 18.7 Å². The van der Waals surface area contributed by atoms with Crippen LogP contribution in [-0.4, -0.2) is 31.1 Å². The average molecular weight is 439 g/mol. The first-order valence-corrected chi connectivity index (χ1v) is 11.7. The lowest BCUT2D eigenvalue weighted by Gasteiger charge is -2.12. The fourth-order valence-electron chi connectivity index (χ4n) is 4.50. The zero-order valence-corrected chi connectivity index (χ0v) is 18.4. The van der Waals surface area contributed by atoms with E-state index in [0.29, 0.717) is 17.1 Å². The Morgan fingerprint density at radius 1 is 1.23 bits per heavy atom. The molecule has 0 unspecified atom stereocenters. The first kappa shape index (κ1) is 20.3. The van der Waals surface area contributed by atoms with Gasteiger partial charge < -0.3 is 19.8 Å². The number of ether oxygens (including phenoxy) is 1. The van der Waals surface area contributed by atoms with Crippen LogP contribution >= 0.6 is 11.3 Å². The second kappa shape index (κ2) is 8.48. The Hall–Kier alpha value is -2.64. The van der Waals surface area contributed by atoms with E-state index in [4.69, 9.17) is 9.15 Å². The van der Waals surface area contributed by atoms with E-state index in [2.05, 4.69) is 10.6 Å². The zero-order chi connectivity index (χ0) is 21.4. The normalized spacial score (nSPS) is 17.8. The Morgan fingerprint density at radius 3 is 2.97 bits per heavy atom. The van der Waals surface area contributed by atoms with E-state index in [-0.39, 0.29) is 24.3 Å². The number of furan rings is 1. The van der Waals surface area contributed by atoms with Crippen LogP contribution in [0.5, 0.6) is 0 Å². The highest BCUT2D eigenvalue weighted by molar-refractivity contribution is 7.17. The molecule has 0 bridgehead atoms. The van der Waals surface area contributed by atoms with Crippen molar-refractivity contribution >= 4 is 39.1 Å². The average Bonchev–Trinajstić information content (AvgIpc) is 3.51. The number of aryl methyl sites for hydroxylation is 2. The molecule has 7 heteroatoms. The minimum absolute atomic E-state index is 0.0895. The van der Waals surface area contributed by atoms with E-state index in [1.54, 1.807) is 6.26 Å². The largest absolute Gasteiger partial charge is 0.464 e. The van der Waals surface area contributed by atoms with Gasteiger partial charge in [0.25, 0.3) is 5.91 Å². The van der Waals surface area contributed by atoms with Crippen LogP contribution in [0.15, 0.2) is 28.9 Å². The van der Waals surface area contributed by atoms with Crippen LogP contribution in [0.2, 0.25) is 0 Å². The molecular weight excluding hydrogens is 412 g/mol. The van der Waals surface area contributed by atoms with Crippen LogP contribution in [0.1, 0.15) is 51.2 Å². The molecular formula is C24H26N2O4S. The molecule has 1 fully saturated rings. The lowest BCUT2D eigenvalue weighted by molar-refractivity contribution is -0.115. The number of hydrogen-bond donors (Lipinski definition) is 2. The fourth-order valence-corrected chi connectivity index (χ4v) is 5.81. The van der Waals surface area contributed by atoms with Crippen molar-refractivity contribution in [2.45, 2.75) is 51.6 Å². The predicted molar refractivity (Wildman–Crippen MR) is 121 cm³/mol. The van der Waals surface area contributed by atoms with Gasteiger partial charge in [0, 0.05) is 29.0 Å². The highest BCUT2D eigenvalue weighted by Gasteiger charge is 2.28. The molecule has 1 aromatic carbocycles. The van der Waals surface area contributed by atoms with Crippen LogP contribution in [0, 0.1) is 6.92 Å². The topological polar surface area (TPSA) is 80.6 Å². The molecule has 31 heavy (non-hydrogen) atoms. The lowest BCUT2D eigenvalue weighted by atomic mass is 10.1. The Kier molecular flexibility index (Phi) is 5.54. The number of nitrogens with one attached hydrogen (secondary N) is 2. The molecule has 6 nitrogen and oxygen atoms in total. The van der Waals surface area contributed by atoms with Crippen molar-refractivity contribution in [3.05, 3.63) is 51.6 Å². The molecule has 0 radical (unpaired) electrons. The van der Waals surface area contributed by atoms with Crippen LogP contribution in [0.25, 0.3) is 11.0 Å². The second-order valence-corrected chi connectivity index (χ2v) is 9.50. The van der Waals surface area contributed by atoms with Gasteiger partial charge in [-0.2, -0.15) is 0 Å². The van der Waals surface area contributed by atoms with E-state index in [9.17, 15) is 9.59 Å². The van der Waals surface area contributed by atoms with Crippen LogP contribution < -0.4 is 10.6 Å². The molecule has 3 aromatic rings. The summed E-state index contributed by atoms with van der Waals surface area (Å²) in [7, 11) is 0. The fraction of sp³-hybridized carbons (Fsp3) is 0.417. The summed E-state index contributed by atoms with van der Waals surface area (Å²) in [6.07, 6.45) is 6.86. The highest BCUT2D eigenvalue weighted by Crippen LogP contribution is 2.39. The third-order valence-corrected chi connectivity index (χ3v) is 7.29. The van der Waals surface area contributed by atoms with E-state index in [1.807, 2.05) is 25.1 Å². The molecule has 2 N–H and O–H groups in total. The van der Waals surface area contributed by atoms with Crippen molar-refractivity contribution in [2.24, 2.45) is 0 Å². The number of hydrogen-bond acceptors (Lipinski definition) is 5. The number of rotatable bonds is 6. The lowest BCUT2D eigenvalue weighted by Crippen LogP contribution is -2.32. The number of fused-ring (bicyclic) bond motifs is 2.